The number of methoxy groups -OCH3 is 1. The van der Waals surface area contributed by atoms with Gasteiger partial charge in [-0.05, 0) is 45.0 Å². The van der Waals surface area contributed by atoms with E-state index in [0.29, 0.717) is 11.3 Å². The van der Waals surface area contributed by atoms with E-state index < -0.39 is 11.7 Å². The van der Waals surface area contributed by atoms with E-state index in [0.717, 1.165) is 42.8 Å². The van der Waals surface area contributed by atoms with Gasteiger partial charge in [0.2, 0.25) is 0 Å². The minimum absolute atomic E-state index is 0.130. The molecule has 1 saturated heterocycles. The Balaban J connectivity index is 1.50. The third-order valence-corrected chi connectivity index (χ3v) is 5.98. The SMILES string of the molecule is COc1cc2nn(C)cc2cc1C(=O)Nc1ccc(N2CCN(C(C)(C)C)CC2)cc1F. The van der Waals surface area contributed by atoms with E-state index in [-0.39, 0.29) is 11.2 Å². The minimum Gasteiger partial charge on any atom is -0.496 e. The number of carbonyl (C=O) groups excluding carboxylic acids is 1. The number of carbonyl (C=O) groups is 1. The van der Waals surface area contributed by atoms with Gasteiger partial charge in [-0.2, -0.15) is 5.10 Å². The van der Waals surface area contributed by atoms with Crippen molar-refractivity contribution in [1.82, 2.24) is 14.7 Å². The van der Waals surface area contributed by atoms with Gasteiger partial charge in [-0.1, -0.05) is 0 Å². The first-order valence-electron chi connectivity index (χ1n) is 10.8. The lowest BCUT2D eigenvalue weighted by molar-refractivity contribution is 0.102. The number of rotatable bonds is 4. The molecule has 3 aromatic rings. The van der Waals surface area contributed by atoms with Gasteiger partial charge >= 0.3 is 0 Å². The summed E-state index contributed by atoms with van der Waals surface area (Å²) in [4.78, 5) is 17.5. The van der Waals surface area contributed by atoms with Crippen LogP contribution in [0.3, 0.4) is 0 Å². The molecule has 1 fully saturated rings. The Labute approximate surface area is 187 Å². The molecule has 0 unspecified atom stereocenters. The van der Waals surface area contributed by atoms with Gasteiger partial charge in [-0.15, -0.1) is 0 Å². The molecule has 32 heavy (non-hydrogen) atoms. The maximum absolute atomic E-state index is 14.9. The lowest BCUT2D eigenvalue weighted by Gasteiger charge is -2.43. The second kappa shape index (κ2) is 8.43. The summed E-state index contributed by atoms with van der Waals surface area (Å²) >= 11 is 0. The van der Waals surface area contributed by atoms with E-state index in [4.69, 9.17) is 4.74 Å². The van der Waals surface area contributed by atoms with Crippen LogP contribution in [0.2, 0.25) is 0 Å². The number of hydrogen-bond acceptors (Lipinski definition) is 5. The zero-order valence-electron chi connectivity index (χ0n) is 19.3. The second-order valence-corrected chi connectivity index (χ2v) is 9.18. The molecule has 0 bridgehead atoms. The van der Waals surface area contributed by atoms with Crippen LogP contribution in [-0.4, -0.2) is 59.4 Å². The summed E-state index contributed by atoms with van der Waals surface area (Å²) in [6.07, 6.45) is 1.82. The summed E-state index contributed by atoms with van der Waals surface area (Å²) in [6, 6.07) is 8.38. The molecule has 1 aliphatic rings. The summed E-state index contributed by atoms with van der Waals surface area (Å²) in [6.45, 7) is 10.2. The van der Waals surface area contributed by atoms with E-state index in [9.17, 15) is 9.18 Å². The first-order valence-corrected chi connectivity index (χ1v) is 10.8. The monoisotopic (exact) mass is 439 g/mol. The quantitative estimate of drug-likeness (QED) is 0.668. The number of benzene rings is 2. The highest BCUT2D eigenvalue weighted by Gasteiger charge is 2.26. The molecule has 0 saturated carbocycles. The number of hydrogen-bond donors (Lipinski definition) is 1. The van der Waals surface area contributed by atoms with Crippen molar-refractivity contribution in [3.05, 3.63) is 47.9 Å². The Morgan fingerprint density at radius 2 is 1.84 bits per heavy atom. The van der Waals surface area contributed by atoms with E-state index >= 15 is 0 Å². The predicted octanol–water partition coefficient (Wildman–Crippen LogP) is 3.89. The second-order valence-electron chi connectivity index (χ2n) is 9.18. The number of ether oxygens (including phenoxy) is 1. The number of fused-ring (bicyclic) bond motifs is 1. The molecule has 1 aliphatic heterocycles. The van der Waals surface area contributed by atoms with Crippen molar-refractivity contribution in [2.75, 3.05) is 43.5 Å². The number of aromatic nitrogens is 2. The predicted molar refractivity (Wildman–Crippen MR) is 125 cm³/mol. The van der Waals surface area contributed by atoms with E-state index in [2.05, 4.69) is 41.0 Å². The van der Waals surface area contributed by atoms with Gasteiger partial charge in [-0.25, -0.2) is 4.39 Å². The first-order chi connectivity index (χ1) is 15.2. The molecule has 1 aromatic heterocycles. The van der Waals surface area contributed by atoms with Gasteiger partial charge in [0.1, 0.15) is 11.6 Å². The van der Waals surface area contributed by atoms with Crippen LogP contribution in [0.1, 0.15) is 31.1 Å². The number of nitrogens with one attached hydrogen (secondary N) is 1. The first kappa shape index (κ1) is 22.1. The number of halogens is 1. The van der Waals surface area contributed by atoms with Crippen LogP contribution in [0.15, 0.2) is 36.5 Å². The normalized spacial score (nSPS) is 15.2. The average Bonchev–Trinajstić information content (AvgIpc) is 3.12. The van der Waals surface area contributed by atoms with Crippen LogP contribution in [-0.2, 0) is 7.05 Å². The molecule has 2 heterocycles. The molecule has 2 aromatic carbocycles. The van der Waals surface area contributed by atoms with E-state index in [1.807, 2.05) is 19.3 Å². The van der Waals surface area contributed by atoms with Crippen molar-refractivity contribution in [2.45, 2.75) is 26.3 Å². The molecule has 8 heteroatoms. The molecule has 4 rings (SSSR count). The third-order valence-electron chi connectivity index (χ3n) is 5.98. The van der Waals surface area contributed by atoms with Crippen molar-refractivity contribution >= 4 is 28.2 Å². The molecule has 1 amide bonds. The van der Waals surface area contributed by atoms with E-state index in [1.165, 1.54) is 13.2 Å². The van der Waals surface area contributed by atoms with Gasteiger partial charge in [0, 0.05) is 62.1 Å². The molecule has 0 spiro atoms. The topological polar surface area (TPSA) is 62.6 Å². The highest BCUT2D eigenvalue weighted by atomic mass is 19.1. The van der Waals surface area contributed by atoms with Gasteiger partial charge in [0.25, 0.3) is 5.91 Å². The fourth-order valence-electron chi connectivity index (χ4n) is 4.15. The molecular formula is C24H30FN5O2. The highest BCUT2D eigenvalue weighted by Crippen LogP contribution is 2.28. The van der Waals surface area contributed by atoms with Crippen molar-refractivity contribution in [3.8, 4) is 5.75 Å². The van der Waals surface area contributed by atoms with Gasteiger partial charge in [0.05, 0.1) is 23.9 Å². The summed E-state index contributed by atoms with van der Waals surface area (Å²) < 4.78 is 21.9. The summed E-state index contributed by atoms with van der Waals surface area (Å²) in [5.74, 6) is -0.504. The van der Waals surface area contributed by atoms with Crippen molar-refractivity contribution < 1.29 is 13.9 Å². The maximum atomic E-state index is 14.9. The summed E-state index contributed by atoms with van der Waals surface area (Å²) in [7, 11) is 3.31. The minimum atomic E-state index is -0.462. The lowest BCUT2D eigenvalue weighted by atomic mass is 10.0. The number of nitrogens with zero attached hydrogens (tertiary/aromatic N) is 4. The Hall–Kier alpha value is -3.13. The molecule has 0 radical (unpaired) electrons. The zero-order chi connectivity index (χ0) is 23.0. The molecule has 7 nitrogen and oxygen atoms in total. The molecule has 1 N–H and O–H groups in total. The Morgan fingerprint density at radius 1 is 1.12 bits per heavy atom. The molecule has 0 aliphatic carbocycles. The Morgan fingerprint density at radius 3 is 2.47 bits per heavy atom. The average molecular weight is 440 g/mol. The van der Waals surface area contributed by atoms with Crippen molar-refractivity contribution in [1.29, 1.82) is 0 Å². The zero-order valence-corrected chi connectivity index (χ0v) is 19.3. The van der Waals surface area contributed by atoms with Gasteiger partial charge in [0.15, 0.2) is 0 Å². The largest absolute Gasteiger partial charge is 0.496 e. The molecule has 0 atom stereocenters. The molecule has 170 valence electrons. The number of anilines is 2. The van der Waals surface area contributed by atoms with Crippen LogP contribution in [0.5, 0.6) is 5.75 Å². The number of piperazine rings is 1. The van der Waals surface area contributed by atoms with E-state index in [1.54, 1.807) is 22.9 Å². The number of amides is 1. The van der Waals surface area contributed by atoms with Crippen LogP contribution >= 0.6 is 0 Å². The Bertz CT molecular complexity index is 1140. The summed E-state index contributed by atoms with van der Waals surface area (Å²) in [5, 5.41) is 7.82. The third kappa shape index (κ3) is 4.41. The van der Waals surface area contributed by atoms with Gasteiger partial charge < -0.3 is 15.0 Å². The van der Waals surface area contributed by atoms with Crippen LogP contribution in [0, 0.1) is 5.82 Å². The van der Waals surface area contributed by atoms with Crippen LogP contribution < -0.4 is 15.0 Å². The van der Waals surface area contributed by atoms with Gasteiger partial charge in [-0.3, -0.25) is 14.4 Å². The Kier molecular flexibility index (Phi) is 5.81. The number of aryl methyl sites for hydroxylation is 1. The lowest BCUT2D eigenvalue weighted by Crippen LogP contribution is -2.53. The van der Waals surface area contributed by atoms with Crippen LogP contribution in [0.25, 0.3) is 10.9 Å². The van der Waals surface area contributed by atoms with Crippen molar-refractivity contribution in [2.24, 2.45) is 7.05 Å². The fraction of sp³-hybridized carbons (Fsp3) is 0.417. The smallest absolute Gasteiger partial charge is 0.259 e. The van der Waals surface area contributed by atoms with Crippen LogP contribution in [0.4, 0.5) is 15.8 Å². The fourth-order valence-corrected chi connectivity index (χ4v) is 4.15. The summed E-state index contributed by atoms with van der Waals surface area (Å²) in [5.41, 5.74) is 2.15. The highest BCUT2D eigenvalue weighted by molar-refractivity contribution is 6.08. The standard InChI is InChI=1S/C24H30FN5O2/c1-24(2,3)30-10-8-29(9-11-30)17-6-7-20(19(25)13-17)26-23(31)18-12-16-15-28(4)27-21(16)14-22(18)32-5/h6-7,12-15H,8-11H2,1-5H3,(H,26,31). The maximum Gasteiger partial charge on any atom is 0.259 e. The molecular weight excluding hydrogens is 409 g/mol. The van der Waals surface area contributed by atoms with Crippen molar-refractivity contribution in [3.63, 3.8) is 0 Å².